The van der Waals surface area contributed by atoms with Crippen molar-refractivity contribution in [3.05, 3.63) is 81.5 Å². The monoisotopic (exact) mass is 466 g/mol. The minimum absolute atomic E-state index is 0.0804. The van der Waals surface area contributed by atoms with Gasteiger partial charge in [-0.05, 0) is 62.1 Å². The zero-order chi connectivity index (χ0) is 23.5. The fourth-order valence-electron chi connectivity index (χ4n) is 4.13. The molecule has 7 heteroatoms. The Morgan fingerprint density at radius 2 is 1.88 bits per heavy atom. The standard InChI is InChI=1S/C26H27ClN2O4/c1-3-33-26(32)24-16(2)29(23(30)14-22(24)19-5-4-6-20(27)13-19)15-17-7-9-18(10-8-17)25(31)28-21-11-12-21/h4-10,13,21-22H,3,11-12,14-15H2,1-2H3,(H,28,31). The van der Waals surface area contributed by atoms with Crippen LogP contribution >= 0.6 is 11.6 Å². The third-order valence-electron chi connectivity index (χ3n) is 6.04. The van der Waals surface area contributed by atoms with E-state index in [1.807, 2.05) is 24.3 Å². The van der Waals surface area contributed by atoms with E-state index in [2.05, 4.69) is 5.32 Å². The third-order valence-corrected chi connectivity index (χ3v) is 6.27. The molecule has 0 spiro atoms. The van der Waals surface area contributed by atoms with Crippen molar-refractivity contribution in [2.45, 2.75) is 51.6 Å². The van der Waals surface area contributed by atoms with Gasteiger partial charge in [-0.1, -0.05) is 35.9 Å². The van der Waals surface area contributed by atoms with Crippen molar-refractivity contribution in [2.75, 3.05) is 6.61 Å². The first kappa shape index (κ1) is 23.1. The number of hydrogen-bond acceptors (Lipinski definition) is 4. The van der Waals surface area contributed by atoms with Gasteiger partial charge in [0.25, 0.3) is 5.91 Å². The Kier molecular flexibility index (Phi) is 6.84. The van der Waals surface area contributed by atoms with Crippen LogP contribution < -0.4 is 5.32 Å². The predicted octanol–water partition coefficient (Wildman–Crippen LogP) is 4.59. The van der Waals surface area contributed by atoms with Gasteiger partial charge in [-0.15, -0.1) is 0 Å². The van der Waals surface area contributed by atoms with Crippen LogP contribution in [-0.2, 0) is 20.9 Å². The molecule has 1 atom stereocenters. The molecule has 1 aliphatic heterocycles. The summed E-state index contributed by atoms with van der Waals surface area (Å²) >= 11 is 6.17. The topological polar surface area (TPSA) is 75.7 Å². The van der Waals surface area contributed by atoms with E-state index in [-0.39, 0.29) is 24.8 Å². The number of amides is 2. The van der Waals surface area contributed by atoms with Gasteiger partial charge in [-0.3, -0.25) is 9.59 Å². The largest absolute Gasteiger partial charge is 0.463 e. The number of carbonyl (C=O) groups excluding carboxylic acids is 3. The zero-order valence-corrected chi connectivity index (χ0v) is 19.5. The highest BCUT2D eigenvalue weighted by Gasteiger charge is 2.37. The van der Waals surface area contributed by atoms with Crippen molar-refractivity contribution < 1.29 is 19.1 Å². The summed E-state index contributed by atoms with van der Waals surface area (Å²) in [6, 6.07) is 14.7. The molecule has 2 aromatic rings. The van der Waals surface area contributed by atoms with Crippen LogP contribution in [0.1, 0.15) is 60.5 Å². The zero-order valence-electron chi connectivity index (χ0n) is 18.8. The minimum atomic E-state index is -0.426. The number of esters is 1. The maximum atomic E-state index is 13.1. The molecule has 1 heterocycles. The lowest BCUT2D eigenvalue weighted by atomic mass is 9.83. The first-order valence-electron chi connectivity index (χ1n) is 11.2. The summed E-state index contributed by atoms with van der Waals surface area (Å²) in [5.41, 5.74) is 3.32. The number of allylic oxidation sites excluding steroid dienone is 1. The summed E-state index contributed by atoms with van der Waals surface area (Å²) in [5.74, 6) is -1.01. The molecule has 172 valence electrons. The van der Waals surface area contributed by atoms with Crippen molar-refractivity contribution in [1.29, 1.82) is 0 Å². The highest BCUT2D eigenvalue weighted by molar-refractivity contribution is 6.30. The Hall–Kier alpha value is -3.12. The number of nitrogens with zero attached hydrogens (tertiary/aromatic N) is 1. The maximum absolute atomic E-state index is 13.1. The summed E-state index contributed by atoms with van der Waals surface area (Å²) in [4.78, 5) is 39.9. The second-order valence-electron chi connectivity index (χ2n) is 8.46. The van der Waals surface area contributed by atoms with E-state index in [9.17, 15) is 14.4 Å². The van der Waals surface area contributed by atoms with Crippen LogP contribution in [0.4, 0.5) is 0 Å². The molecule has 1 saturated carbocycles. The van der Waals surface area contributed by atoms with Gasteiger partial charge in [-0.2, -0.15) is 0 Å². The molecule has 6 nitrogen and oxygen atoms in total. The first-order chi connectivity index (χ1) is 15.9. The quantitative estimate of drug-likeness (QED) is 0.606. The normalized spacial score (nSPS) is 18.3. The number of ether oxygens (including phenoxy) is 1. The molecule has 0 saturated heterocycles. The van der Waals surface area contributed by atoms with E-state index in [0.29, 0.717) is 34.4 Å². The van der Waals surface area contributed by atoms with Crippen LogP contribution in [0.15, 0.2) is 59.8 Å². The molecule has 2 amide bonds. The van der Waals surface area contributed by atoms with Gasteiger partial charge in [-0.25, -0.2) is 4.79 Å². The van der Waals surface area contributed by atoms with E-state index >= 15 is 0 Å². The van der Waals surface area contributed by atoms with Crippen LogP contribution in [0, 0.1) is 0 Å². The van der Waals surface area contributed by atoms with Gasteiger partial charge in [0.05, 0.1) is 18.7 Å². The summed E-state index contributed by atoms with van der Waals surface area (Å²) in [7, 11) is 0. The maximum Gasteiger partial charge on any atom is 0.336 e. The van der Waals surface area contributed by atoms with Crippen LogP contribution in [0.3, 0.4) is 0 Å². The summed E-state index contributed by atoms with van der Waals surface area (Å²) in [6.45, 7) is 4.09. The molecule has 1 fully saturated rings. The lowest BCUT2D eigenvalue weighted by Gasteiger charge is -2.34. The van der Waals surface area contributed by atoms with Crippen molar-refractivity contribution in [3.8, 4) is 0 Å². The third kappa shape index (κ3) is 5.28. The Bertz CT molecular complexity index is 1110. The molecule has 33 heavy (non-hydrogen) atoms. The summed E-state index contributed by atoms with van der Waals surface area (Å²) in [6.07, 6.45) is 2.21. The average Bonchev–Trinajstić information content (AvgIpc) is 3.60. The Morgan fingerprint density at radius 1 is 1.15 bits per heavy atom. The lowest BCUT2D eigenvalue weighted by Crippen LogP contribution is -2.38. The van der Waals surface area contributed by atoms with Crippen LogP contribution in [0.25, 0.3) is 0 Å². The number of nitrogens with one attached hydrogen (secondary N) is 1. The minimum Gasteiger partial charge on any atom is -0.463 e. The van der Waals surface area contributed by atoms with E-state index in [4.69, 9.17) is 16.3 Å². The first-order valence-corrected chi connectivity index (χ1v) is 11.6. The van der Waals surface area contributed by atoms with Gasteiger partial charge in [0.1, 0.15) is 0 Å². The van der Waals surface area contributed by atoms with E-state index in [1.54, 1.807) is 43.0 Å². The highest BCUT2D eigenvalue weighted by Crippen LogP contribution is 2.38. The van der Waals surface area contributed by atoms with E-state index in [0.717, 1.165) is 24.0 Å². The van der Waals surface area contributed by atoms with Gasteiger partial charge in [0.2, 0.25) is 5.91 Å². The summed E-state index contributed by atoms with van der Waals surface area (Å²) in [5, 5.41) is 3.52. The number of halogens is 1. The predicted molar refractivity (Wildman–Crippen MR) is 126 cm³/mol. The van der Waals surface area contributed by atoms with Crippen molar-refractivity contribution in [2.24, 2.45) is 0 Å². The summed E-state index contributed by atoms with van der Waals surface area (Å²) < 4.78 is 5.33. The van der Waals surface area contributed by atoms with Gasteiger partial charge >= 0.3 is 5.97 Å². The SMILES string of the molecule is CCOC(=O)C1=C(C)N(Cc2ccc(C(=O)NC3CC3)cc2)C(=O)CC1c1cccc(Cl)c1. The average molecular weight is 467 g/mol. The Morgan fingerprint density at radius 3 is 2.52 bits per heavy atom. The van der Waals surface area contributed by atoms with Crippen LogP contribution in [0.2, 0.25) is 5.02 Å². The highest BCUT2D eigenvalue weighted by atomic mass is 35.5. The van der Waals surface area contributed by atoms with E-state index < -0.39 is 11.9 Å². The molecule has 1 N–H and O–H groups in total. The number of carbonyl (C=O) groups is 3. The van der Waals surface area contributed by atoms with Crippen molar-refractivity contribution in [3.63, 3.8) is 0 Å². The molecular formula is C26H27ClN2O4. The Balaban J connectivity index is 1.60. The second-order valence-corrected chi connectivity index (χ2v) is 8.89. The molecule has 2 aromatic carbocycles. The van der Waals surface area contributed by atoms with Crippen molar-refractivity contribution in [1.82, 2.24) is 10.2 Å². The molecule has 1 unspecified atom stereocenters. The molecule has 0 aromatic heterocycles. The van der Waals surface area contributed by atoms with Gasteiger partial charge < -0.3 is 15.0 Å². The smallest absolute Gasteiger partial charge is 0.336 e. The molecule has 0 radical (unpaired) electrons. The fraction of sp³-hybridized carbons (Fsp3) is 0.346. The molecular weight excluding hydrogens is 440 g/mol. The van der Waals surface area contributed by atoms with Gasteiger partial charge in [0.15, 0.2) is 0 Å². The Labute approximate surface area is 198 Å². The second kappa shape index (κ2) is 9.79. The molecule has 0 bridgehead atoms. The van der Waals surface area contributed by atoms with Crippen molar-refractivity contribution >= 4 is 29.4 Å². The molecule has 4 rings (SSSR count). The van der Waals surface area contributed by atoms with Crippen LogP contribution in [-0.4, -0.2) is 35.3 Å². The molecule has 2 aliphatic rings. The number of rotatable bonds is 7. The molecule has 1 aliphatic carbocycles. The van der Waals surface area contributed by atoms with E-state index in [1.165, 1.54) is 0 Å². The van der Waals surface area contributed by atoms with Crippen LogP contribution in [0.5, 0.6) is 0 Å². The van der Waals surface area contributed by atoms with Gasteiger partial charge in [0, 0.05) is 34.7 Å². The fourth-order valence-corrected chi connectivity index (χ4v) is 4.32. The number of hydrogen-bond donors (Lipinski definition) is 1. The lowest BCUT2D eigenvalue weighted by molar-refractivity contribution is -0.140. The number of benzene rings is 2.